The molecule has 11 nitrogen and oxygen atoms in total. The number of allylic oxidation sites excluding steroid dienone is 1. The van der Waals surface area contributed by atoms with Crippen molar-refractivity contribution >= 4 is 5.91 Å². The maximum atomic E-state index is 13.4. The second kappa shape index (κ2) is 15.5. The first-order valence-electron chi connectivity index (χ1n) is 15.2. The van der Waals surface area contributed by atoms with E-state index in [0.717, 1.165) is 37.7 Å². The number of carbonyl (C=O) groups excluding carboxylic acids is 1. The minimum atomic E-state index is -1.66. The first-order valence-corrected chi connectivity index (χ1v) is 15.2. The highest BCUT2D eigenvalue weighted by Gasteiger charge is 2.57. The van der Waals surface area contributed by atoms with Crippen molar-refractivity contribution in [1.82, 2.24) is 5.32 Å². The number of fused-ring (bicyclic) bond motifs is 1. The molecule has 3 rings (SSSR count). The van der Waals surface area contributed by atoms with Gasteiger partial charge < -0.3 is 49.1 Å². The summed E-state index contributed by atoms with van der Waals surface area (Å²) in [6.45, 7) is 12.0. The Morgan fingerprint density at radius 1 is 1.14 bits per heavy atom. The lowest BCUT2D eigenvalue weighted by Crippen LogP contribution is -2.69. The van der Waals surface area contributed by atoms with Crippen molar-refractivity contribution in [3.05, 3.63) is 24.3 Å². The van der Waals surface area contributed by atoms with Gasteiger partial charge in [-0.15, -0.1) is 0 Å². The van der Waals surface area contributed by atoms with Crippen LogP contribution in [0.15, 0.2) is 24.3 Å². The third-order valence-corrected chi connectivity index (χ3v) is 9.16. The Kier molecular flexibility index (Phi) is 13.0. The van der Waals surface area contributed by atoms with Crippen LogP contribution in [0.3, 0.4) is 0 Å². The van der Waals surface area contributed by atoms with Crippen molar-refractivity contribution in [2.45, 2.75) is 127 Å². The summed E-state index contributed by atoms with van der Waals surface area (Å²) in [7, 11) is 3.00. The molecule has 3 heterocycles. The first-order chi connectivity index (χ1) is 19.9. The van der Waals surface area contributed by atoms with Crippen LogP contribution >= 0.6 is 0 Å². The summed E-state index contributed by atoms with van der Waals surface area (Å²) in [6.07, 6.45) is 3.02. The number of ether oxygens (including phenoxy) is 6. The van der Waals surface area contributed by atoms with Crippen molar-refractivity contribution < 1.29 is 48.5 Å². The van der Waals surface area contributed by atoms with Crippen molar-refractivity contribution in [2.75, 3.05) is 27.6 Å². The van der Waals surface area contributed by atoms with E-state index in [1.807, 2.05) is 33.8 Å². The molecule has 0 bridgehead atoms. The predicted octanol–water partition coefficient (Wildman–Crippen LogP) is 2.56. The second-order valence-corrected chi connectivity index (χ2v) is 12.4. The van der Waals surface area contributed by atoms with Gasteiger partial charge in [0.1, 0.15) is 19.0 Å². The molecular weight excluding hydrogens is 546 g/mol. The number of unbranched alkanes of at least 4 members (excludes halogenated alkanes) is 4. The minimum absolute atomic E-state index is 0.0482. The molecule has 4 N–H and O–H groups in total. The fourth-order valence-corrected chi connectivity index (χ4v) is 6.21. The van der Waals surface area contributed by atoms with Gasteiger partial charge in [0.05, 0.1) is 24.4 Å². The highest BCUT2D eigenvalue weighted by molar-refractivity contribution is 5.82. The average Bonchev–Trinajstić information content (AvgIpc) is 2.95. The summed E-state index contributed by atoms with van der Waals surface area (Å²) in [5.74, 6) is -2.27. The number of methoxy groups -OCH3 is 2. The Labute approximate surface area is 250 Å². The normalized spacial score (nSPS) is 36.4. The minimum Gasteiger partial charge on any atom is -0.396 e. The van der Waals surface area contributed by atoms with Crippen LogP contribution in [-0.2, 0) is 33.2 Å². The maximum Gasteiger partial charge on any atom is 0.256 e. The van der Waals surface area contributed by atoms with Crippen LogP contribution in [0.25, 0.3) is 0 Å². The van der Waals surface area contributed by atoms with E-state index in [0.29, 0.717) is 6.42 Å². The lowest BCUT2D eigenvalue weighted by Gasteiger charge is -2.54. The molecule has 0 radical (unpaired) electrons. The van der Waals surface area contributed by atoms with Crippen LogP contribution in [0.1, 0.15) is 72.6 Å². The second-order valence-electron chi connectivity index (χ2n) is 12.4. The summed E-state index contributed by atoms with van der Waals surface area (Å²) in [4.78, 5) is 13.4. The van der Waals surface area contributed by atoms with E-state index in [-0.39, 0.29) is 31.8 Å². The fraction of sp³-hybridized carbons (Fsp3) is 0.839. The molecule has 3 fully saturated rings. The van der Waals surface area contributed by atoms with Crippen LogP contribution in [0.2, 0.25) is 0 Å². The van der Waals surface area contributed by atoms with Crippen molar-refractivity contribution in [1.29, 1.82) is 0 Å². The number of aliphatic hydroxyl groups excluding tert-OH is 3. The third kappa shape index (κ3) is 7.99. The molecule has 0 saturated carbocycles. The van der Waals surface area contributed by atoms with Gasteiger partial charge in [0.25, 0.3) is 5.91 Å². The number of nitrogens with one attached hydrogen (secondary N) is 1. The van der Waals surface area contributed by atoms with Gasteiger partial charge in [0.15, 0.2) is 12.3 Å². The molecule has 1 amide bonds. The molecule has 10 atom stereocenters. The molecule has 0 spiro atoms. The van der Waals surface area contributed by atoms with E-state index < -0.39 is 60.0 Å². The smallest absolute Gasteiger partial charge is 0.256 e. The maximum absolute atomic E-state index is 13.4. The molecule has 0 aromatic heterocycles. The largest absolute Gasteiger partial charge is 0.396 e. The number of amides is 1. The van der Waals surface area contributed by atoms with E-state index in [1.54, 1.807) is 13.2 Å². The standard InChI is InChI=1S/C31H53NO10/c1-19-17-31(38-7,42-21(3)20(19)2)26(35)28(36)32-29-25-24(39-18-40-29)27(37-6)30(4,5)23(41-25)16-22(34)14-12-10-8-9-11-13-15-33/h12,14,20-27,29,33-35H,1,8-11,13,15-18H2,2-7H3,(H,32,36)/b14-12+/t20-,21-,22-,23-,24+,25?,26-,27-,29+,31-/m1/s1. The van der Waals surface area contributed by atoms with Crippen LogP contribution in [0, 0.1) is 11.3 Å². The number of hydrogen-bond acceptors (Lipinski definition) is 10. The summed E-state index contributed by atoms with van der Waals surface area (Å²) >= 11 is 0. The zero-order valence-corrected chi connectivity index (χ0v) is 26.1. The molecule has 42 heavy (non-hydrogen) atoms. The summed E-state index contributed by atoms with van der Waals surface area (Å²) < 4.78 is 35.7. The molecule has 0 aliphatic carbocycles. The highest BCUT2D eigenvalue weighted by atomic mass is 16.7. The fourth-order valence-electron chi connectivity index (χ4n) is 6.21. The van der Waals surface area contributed by atoms with Gasteiger partial charge >= 0.3 is 0 Å². The summed E-state index contributed by atoms with van der Waals surface area (Å²) in [5, 5.41) is 33.7. The Hall–Kier alpha value is -1.41. The highest BCUT2D eigenvalue weighted by Crippen LogP contribution is 2.44. The van der Waals surface area contributed by atoms with Crippen molar-refractivity contribution in [2.24, 2.45) is 11.3 Å². The van der Waals surface area contributed by atoms with Gasteiger partial charge in [-0.25, -0.2) is 0 Å². The summed E-state index contributed by atoms with van der Waals surface area (Å²) in [5.41, 5.74) is 0.284. The molecule has 0 aromatic carbocycles. The zero-order valence-electron chi connectivity index (χ0n) is 26.1. The number of rotatable bonds is 14. The molecule has 242 valence electrons. The van der Waals surface area contributed by atoms with E-state index in [1.165, 1.54) is 7.11 Å². The number of carbonyl (C=O) groups is 1. The molecule has 3 aliphatic heterocycles. The topological polar surface area (TPSA) is 145 Å². The molecular formula is C31H53NO10. The van der Waals surface area contributed by atoms with Crippen LogP contribution in [-0.4, -0.2) is 104 Å². The number of hydrogen-bond donors (Lipinski definition) is 4. The molecule has 3 aliphatic rings. The Morgan fingerprint density at radius 3 is 2.50 bits per heavy atom. The lowest BCUT2D eigenvalue weighted by atomic mass is 9.72. The van der Waals surface area contributed by atoms with E-state index in [9.17, 15) is 15.0 Å². The Morgan fingerprint density at radius 2 is 1.86 bits per heavy atom. The first kappa shape index (κ1) is 35.1. The van der Waals surface area contributed by atoms with Gasteiger partial charge in [0, 0.05) is 45.0 Å². The molecule has 1 unspecified atom stereocenters. The van der Waals surface area contributed by atoms with Crippen LogP contribution < -0.4 is 5.32 Å². The van der Waals surface area contributed by atoms with Crippen molar-refractivity contribution in [3.8, 4) is 0 Å². The molecule has 0 aromatic rings. The number of aliphatic hydroxyl groups is 3. The van der Waals surface area contributed by atoms with Crippen molar-refractivity contribution in [3.63, 3.8) is 0 Å². The van der Waals surface area contributed by atoms with E-state index in [4.69, 9.17) is 33.5 Å². The van der Waals surface area contributed by atoms with E-state index in [2.05, 4.69) is 11.9 Å². The lowest BCUT2D eigenvalue weighted by molar-refractivity contribution is -0.332. The van der Waals surface area contributed by atoms with Crippen LogP contribution in [0.5, 0.6) is 0 Å². The Balaban J connectivity index is 1.69. The summed E-state index contributed by atoms with van der Waals surface area (Å²) in [6, 6.07) is 0. The van der Waals surface area contributed by atoms with Gasteiger partial charge in [-0.2, -0.15) is 0 Å². The average molecular weight is 600 g/mol. The van der Waals surface area contributed by atoms with Gasteiger partial charge in [0.2, 0.25) is 5.79 Å². The SMILES string of the molecule is C=C1C[C@](OC)([C@H](O)C(=O)N[C@H]2OCO[C@H]3C2O[C@H](C[C@H](O)/C=C/CCCCCCO)C(C)(C)[C@@H]3OC)O[C@H](C)[C@@H]1C. The third-order valence-electron chi connectivity index (χ3n) is 9.16. The molecule has 3 saturated heterocycles. The Bertz CT molecular complexity index is 912. The van der Waals surface area contributed by atoms with Gasteiger partial charge in [-0.05, 0) is 26.2 Å². The van der Waals surface area contributed by atoms with Gasteiger partial charge in [-0.3, -0.25) is 4.79 Å². The van der Waals surface area contributed by atoms with Gasteiger partial charge in [-0.1, -0.05) is 57.9 Å². The monoisotopic (exact) mass is 599 g/mol. The zero-order chi connectivity index (χ0) is 31.1. The molecule has 11 heteroatoms. The predicted molar refractivity (Wildman–Crippen MR) is 155 cm³/mol. The van der Waals surface area contributed by atoms with E-state index >= 15 is 0 Å². The quantitative estimate of drug-likeness (QED) is 0.174. The van der Waals surface area contributed by atoms with Crippen LogP contribution in [0.4, 0.5) is 0 Å².